The molecule has 0 aliphatic heterocycles. The molecule has 0 bridgehead atoms. The number of carbonyl (C=O) groups is 2. The fourth-order valence-corrected chi connectivity index (χ4v) is 5.03. The van der Waals surface area contributed by atoms with Gasteiger partial charge < -0.3 is 20.5 Å². The molecule has 0 aliphatic rings. The summed E-state index contributed by atoms with van der Waals surface area (Å²) >= 11 is 1.33. The van der Waals surface area contributed by atoms with Crippen LogP contribution in [0.15, 0.2) is 60.6 Å². The monoisotopic (exact) mass is 565 g/mol. The van der Waals surface area contributed by atoms with Crippen LogP contribution in [0.25, 0.3) is 15.9 Å². The fraction of sp³-hybridized carbons (Fsp3) is 0.148. The van der Waals surface area contributed by atoms with E-state index < -0.39 is 23.6 Å². The molecule has 9 nitrogen and oxygen atoms in total. The number of carbonyl (C=O) groups excluding carboxylic acids is 2. The lowest BCUT2D eigenvalue weighted by atomic mass is 10.1. The maximum Gasteiger partial charge on any atom is 0.416 e. The summed E-state index contributed by atoms with van der Waals surface area (Å²) in [6.45, 7) is 3.49. The Balaban J connectivity index is 1.41. The molecule has 13 heteroatoms. The first kappa shape index (κ1) is 26.8. The molecule has 204 valence electrons. The maximum atomic E-state index is 13.6. The van der Waals surface area contributed by atoms with E-state index in [9.17, 15) is 22.8 Å². The molecular weight excluding hydrogens is 543 g/mol. The van der Waals surface area contributed by atoms with Crippen LogP contribution in [0.4, 0.5) is 30.4 Å². The van der Waals surface area contributed by atoms with Crippen molar-refractivity contribution in [3.8, 4) is 5.69 Å². The predicted molar refractivity (Wildman–Crippen MR) is 147 cm³/mol. The summed E-state index contributed by atoms with van der Waals surface area (Å²) in [5.41, 5.74) is 1.89. The highest BCUT2D eigenvalue weighted by Gasteiger charge is 2.32. The Kier molecular flexibility index (Phi) is 6.98. The molecule has 0 saturated heterocycles. The normalized spacial score (nSPS) is 11.4. The number of aryl methyl sites for hydroxylation is 2. The third kappa shape index (κ3) is 5.36. The summed E-state index contributed by atoms with van der Waals surface area (Å²) in [4.78, 5) is 38.6. The molecule has 0 unspecified atom stereocenters. The van der Waals surface area contributed by atoms with Gasteiger partial charge in [0.1, 0.15) is 12.1 Å². The van der Waals surface area contributed by atoms with Crippen molar-refractivity contribution in [1.82, 2.24) is 19.5 Å². The molecule has 40 heavy (non-hydrogen) atoms. The highest BCUT2D eigenvalue weighted by molar-refractivity contribution is 7.18. The van der Waals surface area contributed by atoms with Gasteiger partial charge >= 0.3 is 6.18 Å². The minimum absolute atomic E-state index is 0.144. The lowest BCUT2D eigenvalue weighted by Gasteiger charge is -2.14. The van der Waals surface area contributed by atoms with Gasteiger partial charge in [-0.15, -0.1) is 11.3 Å². The number of alkyl halides is 3. The SMILES string of the molecule is CNc1ncnc2c(C(=O)Nc3cc(NC(=O)c4cc(-n5cnc(C)c5)cc(C(F)(F)F)c4)ccc3C)csc12. The van der Waals surface area contributed by atoms with E-state index in [1.165, 1.54) is 34.6 Å². The second kappa shape index (κ2) is 10.4. The Morgan fingerprint density at radius 1 is 0.975 bits per heavy atom. The van der Waals surface area contributed by atoms with Gasteiger partial charge in [0.2, 0.25) is 0 Å². The lowest BCUT2D eigenvalue weighted by Crippen LogP contribution is -2.16. The summed E-state index contributed by atoms with van der Waals surface area (Å²) in [6, 6.07) is 7.93. The zero-order valence-corrected chi connectivity index (χ0v) is 22.2. The van der Waals surface area contributed by atoms with E-state index in [4.69, 9.17) is 0 Å². The smallest absolute Gasteiger partial charge is 0.372 e. The zero-order valence-electron chi connectivity index (χ0n) is 21.4. The minimum Gasteiger partial charge on any atom is -0.372 e. The highest BCUT2D eigenvalue weighted by atomic mass is 32.1. The number of halogens is 3. The van der Waals surface area contributed by atoms with Crippen LogP contribution in [0.1, 0.15) is 37.5 Å². The van der Waals surface area contributed by atoms with Crippen LogP contribution in [0.2, 0.25) is 0 Å². The van der Waals surface area contributed by atoms with Crippen molar-refractivity contribution in [3.63, 3.8) is 0 Å². The molecule has 0 aliphatic carbocycles. The first-order valence-electron chi connectivity index (χ1n) is 11.9. The largest absolute Gasteiger partial charge is 0.416 e. The van der Waals surface area contributed by atoms with Crippen molar-refractivity contribution in [2.24, 2.45) is 0 Å². The Morgan fingerprint density at radius 3 is 2.48 bits per heavy atom. The van der Waals surface area contributed by atoms with Crippen LogP contribution in [0.3, 0.4) is 0 Å². The first-order valence-corrected chi connectivity index (χ1v) is 12.8. The van der Waals surface area contributed by atoms with Crippen molar-refractivity contribution in [3.05, 3.63) is 88.6 Å². The number of benzene rings is 2. The lowest BCUT2D eigenvalue weighted by molar-refractivity contribution is -0.137. The summed E-state index contributed by atoms with van der Waals surface area (Å²) in [5.74, 6) is -0.543. The number of anilines is 3. The van der Waals surface area contributed by atoms with Crippen LogP contribution < -0.4 is 16.0 Å². The fourth-order valence-electron chi connectivity index (χ4n) is 4.03. The summed E-state index contributed by atoms with van der Waals surface area (Å²) < 4.78 is 43.0. The van der Waals surface area contributed by atoms with Gasteiger partial charge in [0.25, 0.3) is 11.8 Å². The second-order valence-corrected chi connectivity index (χ2v) is 9.81. The number of fused-ring (bicyclic) bond motifs is 1. The Bertz CT molecular complexity index is 1760. The van der Waals surface area contributed by atoms with Gasteiger partial charge in [0.05, 0.1) is 33.4 Å². The van der Waals surface area contributed by atoms with Gasteiger partial charge in [-0.05, 0) is 49.7 Å². The quantitative estimate of drug-likeness (QED) is 0.231. The van der Waals surface area contributed by atoms with Gasteiger partial charge in [-0.1, -0.05) is 6.07 Å². The number of rotatable bonds is 6. The van der Waals surface area contributed by atoms with E-state index in [0.717, 1.165) is 16.8 Å². The van der Waals surface area contributed by atoms with Crippen molar-refractivity contribution < 1.29 is 22.8 Å². The van der Waals surface area contributed by atoms with Crippen molar-refractivity contribution in [2.75, 3.05) is 23.0 Å². The van der Waals surface area contributed by atoms with Gasteiger partial charge in [0, 0.05) is 41.3 Å². The van der Waals surface area contributed by atoms with Crippen molar-refractivity contribution in [1.29, 1.82) is 0 Å². The molecular formula is C27H22F3N7O2S. The molecule has 0 spiro atoms. The highest BCUT2D eigenvalue weighted by Crippen LogP contribution is 2.33. The maximum absolute atomic E-state index is 13.6. The number of hydrogen-bond donors (Lipinski definition) is 3. The van der Waals surface area contributed by atoms with E-state index in [1.54, 1.807) is 50.7 Å². The van der Waals surface area contributed by atoms with E-state index in [2.05, 4.69) is 30.9 Å². The van der Waals surface area contributed by atoms with Crippen LogP contribution in [0.5, 0.6) is 0 Å². The van der Waals surface area contributed by atoms with Gasteiger partial charge in [-0.2, -0.15) is 13.2 Å². The second-order valence-electron chi connectivity index (χ2n) is 8.93. The number of nitrogens with one attached hydrogen (secondary N) is 3. The van der Waals surface area contributed by atoms with Crippen molar-refractivity contribution in [2.45, 2.75) is 20.0 Å². The molecule has 0 fully saturated rings. The molecule has 5 aromatic rings. The molecule has 0 saturated carbocycles. The van der Waals surface area contributed by atoms with Gasteiger partial charge in [-0.3, -0.25) is 9.59 Å². The molecule has 2 aromatic carbocycles. The molecule has 3 heterocycles. The predicted octanol–water partition coefficient (Wildman–Crippen LogP) is 6.06. The molecule has 0 atom stereocenters. The molecule has 3 N–H and O–H groups in total. The number of thiophene rings is 1. The number of imidazole rings is 1. The number of hydrogen-bond acceptors (Lipinski definition) is 7. The van der Waals surface area contributed by atoms with E-state index in [0.29, 0.717) is 39.5 Å². The molecule has 3 aromatic heterocycles. The summed E-state index contributed by atoms with van der Waals surface area (Å²) in [7, 11) is 1.73. The number of amides is 2. The number of aromatic nitrogens is 4. The molecule has 0 radical (unpaired) electrons. The Morgan fingerprint density at radius 2 is 1.77 bits per heavy atom. The molecule has 2 amide bonds. The number of nitrogens with zero attached hydrogens (tertiary/aromatic N) is 4. The van der Waals surface area contributed by atoms with Crippen LogP contribution in [-0.4, -0.2) is 38.4 Å². The standard InChI is InChI=1S/C27H22F3N7O2S/c1-14-4-5-18(9-21(14)36-26(39)20-11-40-23-22(20)32-12-33-24(23)31-3)35-25(38)16-6-17(27(28,29)30)8-19(7-16)37-10-15(2)34-13-37/h4-13H,1-3H3,(H,35,38)(H,36,39)(H,31,32,33). The third-order valence-corrected chi connectivity index (χ3v) is 7.07. The van der Waals surface area contributed by atoms with Crippen LogP contribution in [0, 0.1) is 13.8 Å². The average Bonchev–Trinajstić information content (AvgIpc) is 3.56. The van der Waals surface area contributed by atoms with Gasteiger partial charge in [0.15, 0.2) is 0 Å². The van der Waals surface area contributed by atoms with Crippen molar-refractivity contribution >= 4 is 50.6 Å². The summed E-state index contributed by atoms with van der Waals surface area (Å²) in [6.07, 6.45) is -0.350. The van der Waals surface area contributed by atoms with E-state index >= 15 is 0 Å². The Hall–Kier alpha value is -4.78. The minimum atomic E-state index is -4.66. The summed E-state index contributed by atoms with van der Waals surface area (Å²) in [5, 5.41) is 10.1. The van der Waals surface area contributed by atoms with E-state index in [-0.39, 0.29) is 11.3 Å². The first-order chi connectivity index (χ1) is 19.0. The topological polar surface area (TPSA) is 114 Å². The van der Waals surface area contributed by atoms with E-state index in [1.807, 2.05) is 0 Å². The zero-order chi connectivity index (χ0) is 28.6. The Labute approximate surface area is 230 Å². The average molecular weight is 566 g/mol. The van der Waals surface area contributed by atoms with Gasteiger partial charge in [-0.25, -0.2) is 15.0 Å². The molecule has 5 rings (SSSR count). The van der Waals surface area contributed by atoms with Crippen LogP contribution in [-0.2, 0) is 6.18 Å². The third-order valence-electron chi connectivity index (χ3n) is 6.10. The van der Waals surface area contributed by atoms with Crippen LogP contribution >= 0.6 is 11.3 Å².